The Labute approximate surface area is 681 Å². The number of carbonyl (C=O) groups is 2. The van der Waals surface area contributed by atoms with Crippen molar-refractivity contribution >= 4 is 116 Å². The van der Waals surface area contributed by atoms with E-state index in [0.717, 1.165) is 50.9 Å². The molecular weight excluding hydrogens is 1540 g/mol. The molecule has 0 spiro atoms. The molecular formula is C84H122N12O12P2Si4. The number of benzene rings is 4. The maximum Gasteiger partial charge on any atom is 0.259 e. The molecule has 4 aromatic carbocycles. The van der Waals surface area contributed by atoms with Crippen molar-refractivity contribution in [1.29, 1.82) is 0 Å². The molecule has 6 fully saturated rings. The smallest absolute Gasteiger partial charge is 0.259 e. The lowest BCUT2D eigenvalue weighted by Gasteiger charge is -2.42. The minimum atomic E-state index is -2.26. The molecule has 2 N–H and O–H groups in total. The topological polar surface area (TPSA) is 244 Å². The molecule has 0 aliphatic carbocycles. The monoisotopic (exact) mass is 1660 g/mol. The first kappa shape index (κ1) is 86.0. The second kappa shape index (κ2) is 37.2. The first-order chi connectivity index (χ1) is 54.8. The maximum atomic E-state index is 12.0. The predicted molar refractivity (Wildman–Crippen MR) is 461 cm³/mol. The molecule has 14 rings (SSSR count). The quantitative estimate of drug-likeness (QED) is 0.0226. The van der Waals surface area contributed by atoms with Crippen LogP contribution in [0.4, 0.5) is 11.6 Å². The van der Waals surface area contributed by atoms with E-state index in [0.29, 0.717) is 80.1 Å². The number of rotatable bonds is 32. The fraction of sp³-hybridized carbons (Fsp3) is 0.571. The SMILES string of the molecule is CC[C@H]1O[C@@H](n2cnc3c(NC(C)=O)ncnc32)[C@@H](OCO[Si](C(C)C)(C(C)C)C(C)C)C1O[P@@]1O[C@H](C[Si](C)(c2ccccc2)c2ccccc2)[C@@H]2CCCN21.CC[C@H]1O[C@@H](n2cnc3c(NC(C)=O)ncnc32)[C@@H](OCO[Si](C(C)C)(C(C)C)C(C)C)C1O[P@]1O[C@@H](C[Si](C)(c2ccccc2)c2ccccc2)[C@H]2CCCN21. The highest BCUT2D eigenvalue weighted by molar-refractivity contribution is 7.45. The molecule has 14 atom stereocenters. The van der Waals surface area contributed by atoms with E-state index in [1.807, 2.05) is 9.13 Å². The summed E-state index contributed by atoms with van der Waals surface area (Å²) in [6.45, 7) is 41.6. The molecule has 4 aromatic heterocycles. The lowest BCUT2D eigenvalue weighted by atomic mass is 10.1. The summed E-state index contributed by atoms with van der Waals surface area (Å²) in [4.78, 5) is 51.2. The minimum Gasteiger partial charge on any atom is -0.394 e. The van der Waals surface area contributed by atoms with Gasteiger partial charge in [-0.25, -0.2) is 39.2 Å². The van der Waals surface area contributed by atoms with Crippen molar-refractivity contribution in [2.45, 2.75) is 281 Å². The van der Waals surface area contributed by atoms with Crippen LogP contribution >= 0.6 is 17.1 Å². The van der Waals surface area contributed by atoms with Gasteiger partial charge in [0, 0.05) is 39.0 Å². The molecule has 0 saturated carbocycles. The lowest BCUT2D eigenvalue weighted by Crippen LogP contribution is -2.58. The number of anilines is 2. The summed E-state index contributed by atoms with van der Waals surface area (Å²) in [5.41, 5.74) is 4.41. The zero-order valence-corrected chi connectivity index (χ0v) is 75.8. The third-order valence-corrected chi connectivity index (χ3v) is 49.9. The second-order valence-corrected chi connectivity index (χ2v) is 56.2. The lowest BCUT2D eigenvalue weighted by molar-refractivity contribution is -0.115. The summed E-state index contributed by atoms with van der Waals surface area (Å²) in [6.07, 6.45) is 8.23. The first-order valence-corrected chi connectivity index (χ1v) is 53.5. The van der Waals surface area contributed by atoms with Gasteiger partial charge in [0.1, 0.15) is 66.8 Å². The number of nitrogens with one attached hydrogen (secondary N) is 2. The molecule has 24 nitrogen and oxygen atoms in total. The summed E-state index contributed by atoms with van der Waals surface area (Å²) in [5, 5.41) is 11.2. The van der Waals surface area contributed by atoms with Crippen molar-refractivity contribution in [3.8, 4) is 0 Å². The minimum absolute atomic E-state index is 0.0350. The number of fused-ring (bicyclic) bond motifs is 4. The van der Waals surface area contributed by atoms with Gasteiger partial charge in [-0.2, -0.15) is 0 Å². The van der Waals surface area contributed by atoms with Gasteiger partial charge in [0.05, 0.1) is 37.1 Å². The van der Waals surface area contributed by atoms with Crippen LogP contribution < -0.4 is 31.4 Å². The van der Waals surface area contributed by atoms with Crippen molar-refractivity contribution in [3.05, 3.63) is 147 Å². The molecule has 6 aliphatic heterocycles. The van der Waals surface area contributed by atoms with Crippen LogP contribution in [0.3, 0.4) is 0 Å². The summed E-state index contributed by atoms with van der Waals surface area (Å²) in [5.74, 6) is 0.227. The van der Waals surface area contributed by atoms with E-state index in [2.05, 4.69) is 281 Å². The zero-order valence-electron chi connectivity index (χ0n) is 70.0. The van der Waals surface area contributed by atoms with Crippen LogP contribution in [0, 0.1) is 0 Å². The van der Waals surface area contributed by atoms with Crippen LogP contribution in [0.5, 0.6) is 0 Å². The van der Waals surface area contributed by atoms with Crippen molar-refractivity contribution in [2.24, 2.45) is 0 Å². The maximum absolute atomic E-state index is 12.0. The molecule has 6 aliphatic rings. The average molecular weight is 1670 g/mol. The van der Waals surface area contributed by atoms with E-state index in [4.69, 9.17) is 45.9 Å². The molecule has 2 amide bonds. The van der Waals surface area contributed by atoms with Gasteiger partial charge in [0.25, 0.3) is 17.1 Å². The highest BCUT2D eigenvalue weighted by atomic mass is 31.2. The fourth-order valence-electron chi connectivity index (χ4n) is 19.9. The fourth-order valence-corrected chi connectivity index (χ4v) is 42.4. The van der Waals surface area contributed by atoms with Crippen molar-refractivity contribution in [1.82, 2.24) is 48.4 Å². The van der Waals surface area contributed by atoms with E-state index in [9.17, 15) is 9.59 Å². The summed E-state index contributed by atoms with van der Waals surface area (Å²) in [7, 11) is -11.7. The summed E-state index contributed by atoms with van der Waals surface area (Å²) >= 11 is 0. The Bertz CT molecular complexity index is 4070. The molecule has 616 valence electrons. The third kappa shape index (κ3) is 17.3. The van der Waals surface area contributed by atoms with Crippen LogP contribution in [0.2, 0.25) is 58.4 Å². The van der Waals surface area contributed by atoms with E-state index in [1.54, 1.807) is 12.7 Å². The number of amides is 2. The molecule has 0 radical (unpaired) electrons. The van der Waals surface area contributed by atoms with Crippen molar-refractivity contribution < 1.29 is 55.5 Å². The molecule has 0 bridgehead atoms. The number of hydrogen-bond donors (Lipinski definition) is 2. The Morgan fingerprint density at radius 3 is 1.09 bits per heavy atom. The largest absolute Gasteiger partial charge is 0.394 e. The normalized spacial score (nSPS) is 25.6. The number of ether oxygens (including phenoxy) is 4. The standard InChI is InChI=1S/2C42H61N6O6PSi2/c2*1-10-35-38(54-55-48-23-17-22-34(48)36(53-55)24-56(9,32-18-13-11-14-19-32)33-20-15-12-16-21-33)39(50-27-51-57(28(2)3,29(4)5)30(6)7)42(52-35)47-26-45-37-40(46-31(8)49)43-25-44-41(37)47/h2*11-16,18-21,25-26,28-30,34-36,38-39,42H,10,17,22-24,27H2,1-9H3,(H,43,44,46,49)/t34-,35+,36+,38?,39-,42+,55+;34-,35-,36+,38?,39+,42-,55+/m01/s1. The molecule has 10 heterocycles. The molecule has 30 heteroatoms. The van der Waals surface area contributed by atoms with Crippen molar-refractivity contribution in [2.75, 3.05) is 37.3 Å². The van der Waals surface area contributed by atoms with Gasteiger partial charge in [0.2, 0.25) is 28.4 Å². The van der Waals surface area contributed by atoms with Crippen molar-refractivity contribution in [3.63, 3.8) is 0 Å². The molecule has 6 saturated heterocycles. The van der Waals surface area contributed by atoms with Crippen LogP contribution in [-0.4, -0.2) is 181 Å². The van der Waals surface area contributed by atoms with Crippen LogP contribution in [0.15, 0.2) is 147 Å². The number of hydrogen-bond acceptors (Lipinski definition) is 20. The number of nitrogens with zero attached hydrogens (tertiary/aromatic N) is 10. The van der Waals surface area contributed by atoms with Gasteiger partial charge in [-0.15, -0.1) is 0 Å². The first-order valence-electron chi connectivity index (χ1n) is 41.5. The Kier molecular flexibility index (Phi) is 28.1. The van der Waals surface area contributed by atoms with E-state index < -0.39 is 86.7 Å². The van der Waals surface area contributed by atoms with E-state index >= 15 is 0 Å². The van der Waals surface area contributed by atoms with E-state index in [1.165, 1.54) is 47.2 Å². The van der Waals surface area contributed by atoms with E-state index in [-0.39, 0.29) is 61.9 Å². The zero-order chi connectivity index (χ0) is 81.0. The van der Waals surface area contributed by atoms with Crippen LogP contribution in [0.25, 0.3) is 22.3 Å². The molecule has 8 aromatic rings. The number of imidazole rings is 2. The number of carbonyl (C=O) groups excluding carboxylic acids is 2. The molecule has 2 unspecified atom stereocenters. The van der Waals surface area contributed by atoms with Gasteiger partial charge in [-0.05, 0) is 83.9 Å². The van der Waals surface area contributed by atoms with Crippen LogP contribution in [0.1, 0.15) is 162 Å². The molecule has 114 heavy (non-hydrogen) atoms. The summed E-state index contributed by atoms with van der Waals surface area (Å²) < 4.78 is 79.2. The third-order valence-electron chi connectivity index (χ3n) is 25.3. The Morgan fingerprint density at radius 2 is 0.789 bits per heavy atom. The Balaban J connectivity index is 0.000000199. The average Bonchev–Trinajstić information content (AvgIpc) is 1.63. The number of aromatic nitrogens is 8. The van der Waals surface area contributed by atoms with Gasteiger partial charge in [-0.3, -0.25) is 18.7 Å². The Hall–Kier alpha value is -5.83. The predicted octanol–water partition coefficient (Wildman–Crippen LogP) is 16.0. The summed E-state index contributed by atoms with van der Waals surface area (Å²) in [6, 6.07) is 46.6. The van der Waals surface area contributed by atoms with Gasteiger partial charge >= 0.3 is 0 Å². The van der Waals surface area contributed by atoms with Gasteiger partial charge in [-0.1, -0.05) is 252 Å². The van der Waals surface area contributed by atoms with Crippen LogP contribution in [-0.2, 0) is 55.5 Å². The highest BCUT2D eigenvalue weighted by Crippen LogP contribution is 2.61. The van der Waals surface area contributed by atoms with Gasteiger partial charge < -0.3 is 56.5 Å². The van der Waals surface area contributed by atoms with Gasteiger partial charge in [0.15, 0.2) is 46.4 Å². The Morgan fingerprint density at radius 1 is 0.465 bits per heavy atom. The second-order valence-electron chi connectivity index (χ2n) is 34.0. The highest BCUT2D eigenvalue weighted by Gasteiger charge is 2.58.